The molecule has 0 bridgehead atoms. The quantitative estimate of drug-likeness (QED) is 0.233. The normalized spacial score (nSPS) is 17.1. The van der Waals surface area contributed by atoms with Crippen molar-refractivity contribution in [3.8, 4) is 0 Å². The summed E-state index contributed by atoms with van der Waals surface area (Å²) in [7, 11) is 0. The van der Waals surface area contributed by atoms with E-state index in [2.05, 4.69) is 15.6 Å². The lowest BCUT2D eigenvalue weighted by Crippen LogP contribution is -2.56. The van der Waals surface area contributed by atoms with Gasteiger partial charge in [0, 0.05) is 36.5 Å². The van der Waals surface area contributed by atoms with E-state index in [0.29, 0.717) is 12.8 Å². The van der Waals surface area contributed by atoms with E-state index in [1.807, 2.05) is 24.3 Å². The van der Waals surface area contributed by atoms with Gasteiger partial charge in [0.25, 0.3) is 0 Å². The Bertz CT molecular complexity index is 1110. The van der Waals surface area contributed by atoms with Crippen LogP contribution in [0.5, 0.6) is 0 Å². The maximum Gasteiger partial charge on any atom is 0.326 e. The molecule has 188 valence electrons. The number of aliphatic carboxylic acids is 1. The maximum absolute atomic E-state index is 13.3. The Kier molecular flexibility index (Phi) is 8.42. The first kappa shape index (κ1) is 25.7. The Morgan fingerprint density at radius 1 is 1.14 bits per heavy atom. The van der Waals surface area contributed by atoms with Crippen LogP contribution in [0.2, 0.25) is 0 Å². The smallest absolute Gasteiger partial charge is 0.326 e. The van der Waals surface area contributed by atoms with Gasteiger partial charge in [-0.2, -0.15) is 0 Å². The highest BCUT2D eigenvalue weighted by atomic mass is 16.4. The van der Waals surface area contributed by atoms with Crippen molar-refractivity contribution in [2.45, 2.75) is 50.2 Å². The van der Waals surface area contributed by atoms with Gasteiger partial charge in [-0.1, -0.05) is 18.2 Å². The molecule has 3 unspecified atom stereocenters. The second kappa shape index (κ2) is 11.5. The number of para-hydroxylation sites is 1. The van der Waals surface area contributed by atoms with Crippen LogP contribution in [0.25, 0.3) is 10.9 Å². The molecule has 0 radical (unpaired) electrons. The highest BCUT2D eigenvalue weighted by Crippen LogP contribution is 2.21. The zero-order valence-corrected chi connectivity index (χ0v) is 19.2. The van der Waals surface area contributed by atoms with Crippen LogP contribution in [0.3, 0.4) is 0 Å². The number of primary amides is 1. The van der Waals surface area contributed by atoms with Gasteiger partial charge in [0.2, 0.25) is 23.6 Å². The van der Waals surface area contributed by atoms with E-state index < -0.39 is 47.7 Å². The molecule has 35 heavy (non-hydrogen) atoms. The number of carboxylic acid groups (broad SMARTS) is 1. The van der Waals surface area contributed by atoms with Crippen LogP contribution in [-0.4, -0.2) is 75.8 Å². The summed E-state index contributed by atoms with van der Waals surface area (Å²) in [5.74, 6) is -3.63. The minimum atomic E-state index is -1.19. The average Bonchev–Trinajstić information content (AvgIpc) is 3.48. The zero-order chi connectivity index (χ0) is 25.5. The van der Waals surface area contributed by atoms with Gasteiger partial charge in [0.15, 0.2) is 0 Å². The number of H-pyrrole nitrogens is 1. The molecular weight excluding hydrogens is 456 g/mol. The lowest BCUT2D eigenvalue weighted by Gasteiger charge is -2.28. The Labute approximate surface area is 201 Å². The number of fused-ring (bicyclic) bond motifs is 1. The lowest BCUT2D eigenvalue weighted by atomic mass is 10.0. The summed E-state index contributed by atoms with van der Waals surface area (Å²) in [4.78, 5) is 65.7. The monoisotopic (exact) mass is 486 g/mol. The molecule has 0 aliphatic carbocycles. The lowest BCUT2D eigenvalue weighted by molar-refractivity contribution is -0.149. The number of nitrogens with zero attached hydrogens (tertiary/aromatic N) is 1. The van der Waals surface area contributed by atoms with Gasteiger partial charge in [0.1, 0.15) is 18.1 Å². The van der Waals surface area contributed by atoms with E-state index in [0.717, 1.165) is 16.5 Å². The average molecular weight is 487 g/mol. The fraction of sp³-hybridized carbons (Fsp3) is 0.435. The number of carbonyl (C=O) groups excluding carboxylic acids is 4. The summed E-state index contributed by atoms with van der Waals surface area (Å²) in [6.45, 7) is -0.114. The highest BCUT2D eigenvalue weighted by molar-refractivity contribution is 5.95. The van der Waals surface area contributed by atoms with Crippen molar-refractivity contribution in [3.05, 3.63) is 36.0 Å². The Hall–Kier alpha value is -3.93. The third-order valence-electron chi connectivity index (χ3n) is 6.05. The van der Waals surface area contributed by atoms with Gasteiger partial charge >= 0.3 is 5.97 Å². The largest absolute Gasteiger partial charge is 0.480 e. The van der Waals surface area contributed by atoms with Crippen LogP contribution in [0.1, 0.15) is 31.2 Å². The van der Waals surface area contributed by atoms with Crippen LogP contribution < -0.4 is 22.1 Å². The second-order valence-corrected chi connectivity index (χ2v) is 8.48. The molecule has 4 amide bonds. The van der Waals surface area contributed by atoms with Crippen LogP contribution in [0.15, 0.2) is 30.5 Å². The number of hydrogen-bond donors (Lipinski definition) is 6. The standard InChI is InChI=1S/C23H30N6O6/c24-11-20(31)27-17(10-13-12-26-15-5-2-1-4-14(13)15)21(32)28-16(7-8-19(25)30)22(33)29-9-3-6-18(29)23(34)35/h1-2,4-5,12,16-18,26H,3,6-11,24H2,(H2,25,30)(H,27,31)(H,28,32)(H,34,35). The first-order chi connectivity index (χ1) is 16.7. The second-order valence-electron chi connectivity index (χ2n) is 8.48. The predicted molar refractivity (Wildman–Crippen MR) is 126 cm³/mol. The van der Waals surface area contributed by atoms with Crippen molar-refractivity contribution in [3.63, 3.8) is 0 Å². The summed E-state index contributed by atoms with van der Waals surface area (Å²) < 4.78 is 0. The van der Waals surface area contributed by atoms with Gasteiger partial charge in [-0.05, 0) is 30.9 Å². The van der Waals surface area contributed by atoms with E-state index in [-0.39, 0.29) is 32.4 Å². The number of benzene rings is 1. The maximum atomic E-state index is 13.3. The van der Waals surface area contributed by atoms with Crippen molar-refractivity contribution in [1.29, 1.82) is 0 Å². The molecule has 1 fully saturated rings. The molecule has 1 aliphatic heterocycles. The molecule has 1 saturated heterocycles. The number of likely N-dealkylation sites (tertiary alicyclic amines) is 1. The van der Waals surface area contributed by atoms with Gasteiger partial charge < -0.3 is 37.1 Å². The van der Waals surface area contributed by atoms with E-state index in [9.17, 15) is 29.1 Å². The van der Waals surface area contributed by atoms with Crippen molar-refractivity contribution in [2.75, 3.05) is 13.1 Å². The molecule has 2 heterocycles. The predicted octanol–water partition coefficient (Wildman–Crippen LogP) is -1.02. The van der Waals surface area contributed by atoms with Crippen LogP contribution >= 0.6 is 0 Å². The van der Waals surface area contributed by atoms with Gasteiger partial charge in [0.05, 0.1) is 6.54 Å². The van der Waals surface area contributed by atoms with Crippen molar-refractivity contribution < 1.29 is 29.1 Å². The Morgan fingerprint density at radius 3 is 2.57 bits per heavy atom. The highest BCUT2D eigenvalue weighted by Gasteiger charge is 2.38. The number of nitrogens with one attached hydrogen (secondary N) is 3. The molecule has 1 aliphatic rings. The van der Waals surface area contributed by atoms with E-state index in [4.69, 9.17) is 11.5 Å². The molecule has 3 rings (SSSR count). The number of amides is 4. The van der Waals surface area contributed by atoms with Crippen molar-refractivity contribution in [2.24, 2.45) is 11.5 Å². The minimum Gasteiger partial charge on any atom is -0.480 e. The molecule has 2 aromatic rings. The summed E-state index contributed by atoms with van der Waals surface area (Å²) in [6, 6.07) is 4.20. The van der Waals surface area contributed by atoms with Gasteiger partial charge in [-0.25, -0.2) is 4.79 Å². The van der Waals surface area contributed by atoms with Crippen molar-refractivity contribution >= 4 is 40.5 Å². The number of aromatic nitrogens is 1. The summed E-state index contributed by atoms with van der Waals surface area (Å²) in [6.07, 6.45) is 2.36. The third-order valence-corrected chi connectivity index (χ3v) is 6.05. The first-order valence-corrected chi connectivity index (χ1v) is 11.4. The minimum absolute atomic E-state index is 0.104. The number of nitrogens with two attached hydrogens (primary N) is 2. The van der Waals surface area contributed by atoms with Crippen LogP contribution in [0, 0.1) is 0 Å². The molecule has 0 spiro atoms. The fourth-order valence-corrected chi connectivity index (χ4v) is 4.29. The third kappa shape index (κ3) is 6.35. The molecule has 3 atom stereocenters. The molecule has 0 saturated carbocycles. The molecule has 1 aromatic carbocycles. The summed E-state index contributed by atoms with van der Waals surface area (Å²) >= 11 is 0. The number of hydrogen-bond acceptors (Lipinski definition) is 6. The van der Waals surface area contributed by atoms with E-state index >= 15 is 0 Å². The first-order valence-electron chi connectivity index (χ1n) is 11.4. The van der Waals surface area contributed by atoms with Gasteiger partial charge in [-0.15, -0.1) is 0 Å². The molecule has 8 N–H and O–H groups in total. The molecular formula is C23H30N6O6. The fourth-order valence-electron chi connectivity index (χ4n) is 4.29. The summed E-state index contributed by atoms with van der Waals surface area (Å²) in [5, 5.41) is 15.5. The van der Waals surface area contributed by atoms with E-state index in [1.54, 1.807) is 6.20 Å². The Balaban J connectivity index is 1.82. The summed E-state index contributed by atoms with van der Waals surface area (Å²) in [5.41, 5.74) is 12.3. The van der Waals surface area contributed by atoms with Crippen LogP contribution in [-0.2, 0) is 30.4 Å². The molecule has 12 heteroatoms. The zero-order valence-electron chi connectivity index (χ0n) is 19.2. The number of carboxylic acids is 1. The Morgan fingerprint density at radius 2 is 1.89 bits per heavy atom. The van der Waals surface area contributed by atoms with E-state index in [1.165, 1.54) is 4.90 Å². The van der Waals surface area contributed by atoms with Crippen molar-refractivity contribution in [1.82, 2.24) is 20.5 Å². The SMILES string of the molecule is NCC(=O)NC(Cc1c[nH]c2ccccc12)C(=O)NC(CCC(N)=O)C(=O)N1CCCC1C(=O)O. The number of carbonyl (C=O) groups is 5. The van der Waals surface area contributed by atoms with Gasteiger partial charge in [-0.3, -0.25) is 19.2 Å². The molecule has 1 aromatic heterocycles. The number of aromatic amines is 1. The molecule has 12 nitrogen and oxygen atoms in total. The van der Waals surface area contributed by atoms with Crippen LogP contribution in [0.4, 0.5) is 0 Å². The number of rotatable bonds is 11. The topological polar surface area (TPSA) is 201 Å².